The quantitative estimate of drug-likeness (QED) is 0.719. The Balaban J connectivity index is 0.000000640. The van der Waals surface area contributed by atoms with E-state index in [9.17, 15) is 31.4 Å². The summed E-state index contributed by atoms with van der Waals surface area (Å²) in [5.74, 6) is -7.41. The Morgan fingerprint density at radius 1 is 1.25 bits per heavy atom. The van der Waals surface area contributed by atoms with Crippen LogP contribution in [0.3, 0.4) is 0 Å². The molecule has 10 heteroatoms. The summed E-state index contributed by atoms with van der Waals surface area (Å²) in [7, 11) is 0. The lowest BCUT2D eigenvalue weighted by Gasteiger charge is -2.23. The monoisotopic (exact) mass is 361 g/mol. The Morgan fingerprint density at radius 2 is 1.71 bits per heavy atom. The average Bonchev–Trinajstić information content (AvgIpc) is 2.45. The topological polar surface area (TPSA) is 83.5 Å². The normalized spacial score (nSPS) is 14.4. The second kappa shape index (κ2) is 8.34. The standard InChI is InChI=1S/C12H16F3NO.C2HF3O2/c1-3-10(17)12(14,15)9-6-4-5-8(7(2)16)11(9)13;3-2(4,5)1(6)7/h4-7,10,17H,3,16H2,1-2H3;(H,6,7). The van der Waals surface area contributed by atoms with E-state index < -0.39 is 41.6 Å². The van der Waals surface area contributed by atoms with Crippen molar-refractivity contribution in [2.24, 2.45) is 5.73 Å². The molecule has 1 rings (SSSR count). The van der Waals surface area contributed by atoms with Crippen LogP contribution in [0.2, 0.25) is 0 Å². The van der Waals surface area contributed by atoms with E-state index in [0.717, 1.165) is 6.07 Å². The minimum absolute atomic E-state index is 0.0190. The number of nitrogens with two attached hydrogens (primary N) is 1. The number of carboxylic acid groups (broad SMARTS) is 1. The first-order valence-corrected chi connectivity index (χ1v) is 6.67. The molecule has 1 aromatic rings. The third kappa shape index (κ3) is 5.68. The summed E-state index contributed by atoms with van der Waals surface area (Å²) in [6, 6.07) is 2.97. The zero-order chi connectivity index (χ0) is 19.3. The number of alkyl halides is 5. The average molecular weight is 361 g/mol. The van der Waals surface area contributed by atoms with Crippen molar-refractivity contribution >= 4 is 5.97 Å². The summed E-state index contributed by atoms with van der Waals surface area (Å²) >= 11 is 0. The van der Waals surface area contributed by atoms with E-state index in [0.29, 0.717) is 0 Å². The van der Waals surface area contributed by atoms with E-state index >= 15 is 0 Å². The second-order valence-electron chi connectivity index (χ2n) is 4.85. The fourth-order valence-electron chi connectivity index (χ4n) is 1.59. The molecular formula is C14H17F6NO3. The molecule has 0 fully saturated rings. The number of carbonyl (C=O) groups is 1. The number of aliphatic hydroxyl groups is 1. The fourth-order valence-corrected chi connectivity index (χ4v) is 1.59. The van der Waals surface area contributed by atoms with Crippen LogP contribution in [-0.2, 0) is 10.7 Å². The van der Waals surface area contributed by atoms with Crippen molar-refractivity contribution in [2.75, 3.05) is 0 Å². The van der Waals surface area contributed by atoms with Gasteiger partial charge in [0.05, 0.1) is 5.56 Å². The van der Waals surface area contributed by atoms with Gasteiger partial charge in [-0.15, -0.1) is 0 Å². The highest BCUT2D eigenvalue weighted by Gasteiger charge is 2.42. The molecule has 0 aliphatic carbocycles. The van der Waals surface area contributed by atoms with E-state index in [1.54, 1.807) is 0 Å². The predicted octanol–water partition coefficient (Wildman–Crippen LogP) is 3.34. The third-order valence-corrected chi connectivity index (χ3v) is 2.93. The molecule has 2 unspecified atom stereocenters. The lowest BCUT2D eigenvalue weighted by atomic mass is 9.96. The van der Waals surface area contributed by atoms with Gasteiger partial charge in [-0.25, -0.2) is 9.18 Å². The van der Waals surface area contributed by atoms with Gasteiger partial charge in [-0.1, -0.05) is 19.1 Å². The van der Waals surface area contributed by atoms with Crippen LogP contribution in [0, 0.1) is 5.82 Å². The molecule has 0 radical (unpaired) electrons. The highest BCUT2D eigenvalue weighted by Crippen LogP contribution is 2.36. The number of aliphatic hydroxyl groups excluding tert-OH is 1. The van der Waals surface area contributed by atoms with Gasteiger partial charge in [0, 0.05) is 11.6 Å². The van der Waals surface area contributed by atoms with Crippen LogP contribution in [0.15, 0.2) is 18.2 Å². The lowest BCUT2D eigenvalue weighted by Crippen LogP contribution is -2.31. The molecular weight excluding hydrogens is 344 g/mol. The maximum atomic E-state index is 13.8. The smallest absolute Gasteiger partial charge is 0.475 e. The predicted molar refractivity (Wildman–Crippen MR) is 72.9 cm³/mol. The number of carboxylic acids is 1. The molecule has 0 saturated carbocycles. The Kier molecular flexibility index (Phi) is 7.71. The van der Waals surface area contributed by atoms with Gasteiger partial charge in [0.2, 0.25) is 0 Å². The van der Waals surface area contributed by atoms with E-state index in [4.69, 9.17) is 15.6 Å². The van der Waals surface area contributed by atoms with Crippen molar-refractivity contribution in [3.8, 4) is 0 Å². The van der Waals surface area contributed by atoms with Crippen molar-refractivity contribution in [3.63, 3.8) is 0 Å². The summed E-state index contributed by atoms with van der Waals surface area (Å²) in [5, 5.41) is 16.4. The molecule has 0 aromatic heterocycles. The summed E-state index contributed by atoms with van der Waals surface area (Å²) in [6.45, 7) is 2.92. The maximum absolute atomic E-state index is 13.8. The number of benzene rings is 1. The minimum atomic E-state index is -5.08. The van der Waals surface area contributed by atoms with Crippen LogP contribution < -0.4 is 5.73 Å². The zero-order valence-corrected chi connectivity index (χ0v) is 12.7. The summed E-state index contributed by atoms with van der Waals surface area (Å²) in [6.07, 6.45) is -7.14. The van der Waals surface area contributed by atoms with Gasteiger partial charge < -0.3 is 15.9 Å². The molecule has 1 aromatic carbocycles. The summed E-state index contributed by atoms with van der Waals surface area (Å²) in [5.41, 5.74) is 4.70. The summed E-state index contributed by atoms with van der Waals surface area (Å²) < 4.78 is 73.0. The van der Waals surface area contributed by atoms with Crippen LogP contribution in [0.4, 0.5) is 26.3 Å². The van der Waals surface area contributed by atoms with Gasteiger partial charge in [-0.2, -0.15) is 22.0 Å². The number of rotatable bonds is 4. The molecule has 0 aliphatic rings. The molecule has 0 amide bonds. The van der Waals surface area contributed by atoms with Crippen LogP contribution in [0.5, 0.6) is 0 Å². The lowest BCUT2D eigenvalue weighted by molar-refractivity contribution is -0.192. The number of aliphatic carboxylic acids is 1. The van der Waals surface area contributed by atoms with Crippen molar-refractivity contribution in [1.29, 1.82) is 0 Å². The Hall–Kier alpha value is -1.81. The first-order chi connectivity index (χ1) is 10.8. The zero-order valence-electron chi connectivity index (χ0n) is 12.7. The number of hydrogen-bond donors (Lipinski definition) is 3. The Morgan fingerprint density at radius 3 is 2.04 bits per heavy atom. The van der Waals surface area contributed by atoms with Gasteiger partial charge in [-0.05, 0) is 19.4 Å². The largest absolute Gasteiger partial charge is 0.490 e. The highest BCUT2D eigenvalue weighted by atomic mass is 19.4. The minimum Gasteiger partial charge on any atom is -0.475 e. The van der Waals surface area contributed by atoms with Crippen LogP contribution >= 0.6 is 0 Å². The van der Waals surface area contributed by atoms with Crippen molar-refractivity contribution in [3.05, 3.63) is 35.1 Å². The van der Waals surface area contributed by atoms with Crippen molar-refractivity contribution in [2.45, 2.75) is 44.5 Å². The summed E-state index contributed by atoms with van der Waals surface area (Å²) in [4.78, 5) is 8.90. The van der Waals surface area contributed by atoms with Gasteiger partial charge in [0.1, 0.15) is 11.9 Å². The van der Waals surface area contributed by atoms with Gasteiger partial charge in [0.25, 0.3) is 0 Å². The number of halogens is 6. The van der Waals surface area contributed by atoms with E-state index in [1.807, 2.05) is 0 Å². The molecule has 2 atom stereocenters. The van der Waals surface area contributed by atoms with Gasteiger partial charge in [0.15, 0.2) is 0 Å². The maximum Gasteiger partial charge on any atom is 0.490 e. The molecule has 0 heterocycles. The molecule has 4 nitrogen and oxygen atoms in total. The van der Waals surface area contributed by atoms with E-state index in [1.165, 1.54) is 26.0 Å². The molecule has 0 aliphatic heterocycles. The van der Waals surface area contributed by atoms with Gasteiger partial charge >= 0.3 is 18.1 Å². The highest BCUT2D eigenvalue weighted by molar-refractivity contribution is 5.73. The van der Waals surface area contributed by atoms with Crippen molar-refractivity contribution < 1.29 is 41.4 Å². The molecule has 0 saturated heterocycles. The third-order valence-electron chi connectivity index (χ3n) is 2.93. The molecule has 4 N–H and O–H groups in total. The van der Waals surface area contributed by atoms with Gasteiger partial charge in [-0.3, -0.25) is 0 Å². The second-order valence-corrected chi connectivity index (χ2v) is 4.85. The first kappa shape index (κ1) is 22.2. The number of hydrogen-bond acceptors (Lipinski definition) is 3. The molecule has 0 spiro atoms. The SMILES string of the molecule is CCC(O)C(F)(F)c1cccc(C(C)N)c1F.O=C(O)C(F)(F)F. The Bertz CT molecular complexity index is 560. The van der Waals surface area contributed by atoms with E-state index in [-0.39, 0.29) is 12.0 Å². The van der Waals surface area contributed by atoms with Crippen LogP contribution in [0.1, 0.15) is 37.4 Å². The first-order valence-electron chi connectivity index (χ1n) is 6.67. The van der Waals surface area contributed by atoms with Crippen molar-refractivity contribution in [1.82, 2.24) is 0 Å². The van der Waals surface area contributed by atoms with Crippen LogP contribution in [-0.4, -0.2) is 28.5 Å². The van der Waals surface area contributed by atoms with Crippen LogP contribution in [0.25, 0.3) is 0 Å². The fraction of sp³-hybridized carbons (Fsp3) is 0.500. The molecule has 24 heavy (non-hydrogen) atoms. The Labute approximate surface area is 133 Å². The molecule has 138 valence electrons. The molecule has 0 bridgehead atoms. The van der Waals surface area contributed by atoms with E-state index in [2.05, 4.69) is 0 Å².